The fourth-order valence-electron chi connectivity index (χ4n) is 2.79. The van der Waals surface area contributed by atoms with Crippen molar-refractivity contribution in [1.29, 1.82) is 0 Å². The van der Waals surface area contributed by atoms with Gasteiger partial charge in [0.15, 0.2) is 6.04 Å². The Hall–Kier alpha value is -2.68. The highest BCUT2D eigenvalue weighted by molar-refractivity contribution is 8.00. The van der Waals surface area contributed by atoms with Gasteiger partial charge in [-0.2, -0.15) is 5.10 Å². The predicted octanol–water partition coefficient (Wildman–Crippen LogP) is 0.582. The molecule has 0 bridgehead atoms. The van der Waals surface area contributed by atoms with Crippen LogP contribution in [0.3, 0.4) is 0 Å². The first-order chi connectivity index (χ1) is 12.4. The maximum Gasteiger partial charge on any atom is 0.317 e. The first kappa shape index (κ1) is 18.1. The van der Waals surface area contributed by atoms with Gasteiger partial charge in [-0.25, -0.2) is 5.43 Å². The molecule has 0 spiro atoms. The lowest BCUT2D eigenvalue weighted by Crippen LogP contribution is -2.69. The molecule has 9 heteroatoms. The summed E-state index contributed by atoms with van der Waals surface area (Å²) in [6.45, 7) is 1.30. The van der Waals surface area contributed by atoms with E-state index in [0.717, 1.165) is 5.56 Å². The number of fused-ring (bicyclic) bond motifs is 1. The van der Waals surface area contributed by atoms with Crippen molar-refractivity contribution in [1.82, 2.24) is 10.3 Å². The molecule has 2 N–H and O–H groups in total. The van der Waals surface area contributed by atoms with Gasteiger partial charge >= 0.3 is 5.97 Å². The van der Waals surface area contributed by atoms with Gasteiger partial charge in [0.05, 0.1) is 0 Å². The van der Waals surface area contributed by atoms with Crippen molar-refractivity contribution in [2.45, 2.75) is 18.3 Å². The van der Waals surface area contributed by atoms with Crippen molar-refractivity contribution in [3.8, 4) is 0 Å². The molecule has 2 unspecified atom stereocenters. The lowest BCUT2D eigenvalue weighted by Gasteiger charge is -2.51. The van der Waals surface area contributed by atoms with Crippen LogP contribution in [0.2, 0.25) is 0 Å². The minimum Gasteiger partial charge on any atom is -0.480 e. The Morgan fingerprint density at radius 3 is 2.77 bits per heavy atom. The van der Waals surface area contributed by atoms with Crippen LogP contribution >= 0.6 is 11.8 Å². The lowest BCUT2D eigenvalue weighted by atomic mass is 9.88. The maximum atomic E-state index is 12.4. The highest BCUT2D eigenvalue weighted by atomic mass is 32.2. The summed E-state index contributed by atoms with van der Waals surface area (Å²) in [5.74, 6) is -1.43. The molecule has 26 heavy (non-hydrogen) atoms. The molecule has 2 aliphatic rings. The minimum atomic E-state index is -1.33. The zero-order valence-corrected chi connectivity index (χ0v) is 14.8. The number of β-lactam (4-membered cyclic amide) rings is 1. The number of aliphatic imine (C=N–C) groups is 1. The molecule has 0 aromatic heterocycles. The topological polar surface area (TPSA) is 111 Å². The van der Waals surface area contributed by atoms with Gasteiger partial charge in [-0.1, -0.05) is 30.3 Å². The number of hydrazone groups is 1. The quantitative estimate of drug-likeness (QED) is 0.445. The average Bonchev–Trinajstić information content (AvgIpc) is 2.62. The molecule has 2 amide bonds. The Bertz CT molecular complexity index is 782. The molecule has 136 valence electrons. The van der Waals surface area contributed by atoms with Crippen LogP contribution in [0.15, 0.2) is 40.4 Å². The largest absolute Gasteiger partial charge is 0.480 e. The Balaban J connectivity index is 1.69. The molecule has 3 atom stereocenters. The summed E-state index contributed by atoms with van der Waals surface area (Å²) in [6, 6.07) is 8.97. The number of hydrogen-bond acceptors (Lipinski definition) is 6. The molecule has 2 fully saturated rings. The summed E-state index contributed by atoms with van der Waals surface area (Å²) >= 11 is 1.36. The number of nitrogens with one attached hydrogen (secondary N) is 1. The van der Waals surface area contributed by atoms with Gasteiger partial charge in [-0.05, 0) is 5.56 Å². The molecule has 1 aromatic rings. The van der Waals surface area contributed by atoms with Crippen LogP contribution in [0.5, 0.6) is 0 Å². The van der Waals surface area contributed by atoms with Crippen molar-refractivity contribution in [2.75, 3.05) is 12.3 Å². The third-order valence-corrected chi connectivity index (χ3v) is 5.76. The number of thioether (sulfide) groups is 1. The van der Waals surface area contributed by atoms with Crippen LogP contribution in [0.1, 0.15) is 12.5 Å². The van der Waals surface area contributed by atoms with E-state index >= 15 is 0 Å². The number of carbonyl (C=O) groups is 3. The number of amides is 2. The zero-order valence-electron chi connectivity index (χ0n) is 14.0. The standard InChI is InChI=1S/C17H18N4O4S/c1-11(22)20-19-8-17(16(24)25)9-21-14(23)13(15(21)26-10-17)18-7-12-5-3-2-4-6-12/h2-8,13,15H,9-10H2,1H3,(H,20,22)(H,24,25)/t13?,15-,17?/m1/s1. The summed E-state index contributed by atoms with van der Waals surface area (Å²) in [6.07, 6.45) is 2.87. The van der Waals surface area contributed by atoms with Crippen molar-refractivity contribution >= 4 is 42.0 Å². The van der Waals surface area contributed by atoms with E-state index in [2.05, 4.69) is 15.5 Å². The average molecular weight is 374 g/mol. The van der Waals surface area contributed by atoms with E-state index in [-0.39, 0.29) is 23.6 Å². The predicted molar refractivity (Wildman–Crippen MR) is 98.2 cm³/mol. The molecular formula is C17H18N4O4S. The molecule has 0 saturated carbocycles. The van der Waals surface area contributed by atoms with Crippen molar-refractivity contribution in [2.24, 2.45) is 15.5 Å². The number of carboxylic acids is 1. The van der Waals surface area contributed by atoms with Crippen molar-refractivity contribution in [3.63, 3.8) is 0 Å². The third kappa shape index (κ3) is 3.48. The summed E-state index contributed by atoms with van der Waals surface area (Å²) in [4.78, 5) is 40.9. The molecule has 2 saturated heterocycles. The molecule has 2 aliphatic heterocycles. The fourth-order valence-corrected chi connectivity index (χ4v) is 4.28. The van der Waals surface area contributed by atoms with Crippen LogP contribution in [-0.4, -0.2) is 63.9 Å². The molecule has 3 rings (SSSR count). The van der Waals surface area contributed by atoms with E-state index in [0.29, 0.717) is 0 Å². The van der Waals surface area contributed by atoms with E-state index in [1.807, 2.05) is 30.3 Å². The number of aliphatic carboxylic acids is 1. The molecule has 0 aliphatic carbocycles. The van der Waals surface area contributed by atoms with E-state index in [1.54, 1.807) is 6.21 Å². The van der Waals surface area contributed by atoms with Crippen LogP contribution < -0.4 is 5.43 Å². The second kappa shape index (κ2) is 7.28. The van der Waals surface area contributed by atoms with Gasteiger partial charge in [0.1, 0.15) is 10.8 Å². The highest BCUT2D eigenvalue weighted by Gasteiger charge is 2.56. The molecule has 8 nitrogen and oxygen atoms in total. The Kier molecular flexibility index (Phi) is 5.08. The van der Waals surface area contributed by atoms with Crippen LogP contribution in [-0.2, 0) is 14.4 Å². The van der Waals surface area contributed by atoms with Gasteiger partial charge in [0, 0.05) is 31.7 Å². The molecule has 2 heterocycles. The fraction of sp³-hybridized carbons (Fsp3) is 0.353. The van der Waals surface area contributed by atoms with E-state index in [9.17, 15) is 19.5 Å². The normalized spacial score (nSPS) is 28.0. The van der Waals surface area contributed by atoms with E-state index in [4.69, 9.17) is 0 Å². The maximum absolute atomic E-state index is 12.4. The summed E-state index contributed by atoms with van der Waals surface area (Å²) in [5, 5.41) is 13.1. The highest BCUT2D eigenvalue weighted by Crippen LogP contribution is 2.42. The number of rotatable bonds is 5. The second-order valence-corrected chi connectivity index (χ2v) is 7.29. The van der Waals surface area contributed by atoms with E-state index < -0.39 is 23.3 Å². The summed E-state index contributed by atoms with van der Waals surface area (Å²) in [5.41, 5.74) is 1.78. The van der Waals surface area contributed by atoms with Gasteiger partial charge in [0.2, 0.25) is 5.91 Å². The number of carbonyl (C=O) groups excluding carboxylic acids is 2. The van der Waals surface area contributed by atoms with Crippen LogP contribution in [0.4, 0.5) is 0 Å². The molecule has 1 aromatic carbocycles. The monoisotopic (exact) mass is 374 g/mol. The smallest absolute Gasteiger partial charge is 0.317 e. The van der Waals surface area contributed by atoms with Gasteiger partial charge in [-0.3, -0.25) is 19.4 Å². The SMILES string of the molecule is CC(=O)NN=CC1(C(=O)O)CS[C@@H]2C(N=Cc3ccccc3)C(=O)N2C1. The van der Waals surface area contributed by atoms with Gasteiger partial charge in [-0.15, -0.1) is 11.8 Å². The third-order valence-electron chi connectivity index (χ3n) is 4.22. The van der Waals surface area contributed by atoms with Crippen molar-refractivity contribution < 1.29 is 19.5 Å². The van der Waals surface area contributed by atoms with E-state index in [1.165, 1.54) is 29.8 Å². The summed E-state index contributed by atoms with van der Waals surface area (Å²) < 4.78 is 0. The first-order valence-corrected chi connectivity index (χ1v) is 9.02. The number of benzene rings is 1. The summed E-state index contributed by atoms with van der Waals surface area (Å²) in [7, 11) is 0. The Morgan fingerprint density at radius 1 is 1.38 bits per heavy atom. The van der Waals surface area contributed by atoms with Gasteiger partial charge < -0.3 is 10.0 Å². The number of carboxylic acid groups (broad SMARTS) is 1. The number of nitrogens with zero attached hydrogens (tertiary/aromatic N) is 3. The Morgan fingerprint density at radius 2 is 2.12 bits per heavy atom. The van der Waals surface area contributed by atoms with Crippen molar-refractivity contribution in [3.05, 3.63) is 35.9 Å². The lowest BCUT2D eigenvalue weighted by molar-refractivity contribution is -0.152. The second-order valence-electron chi connectivity index (χ2n) is 6.19. The number of hydrogen-bond donors (Lipinski definition) is 2. The van der Waals surface area contributed by atoms with Gasteiger partial charge in [0.25, 0.3) is 5.91 Å². The molecular weight excluding hydrogens is 356 g/mol. The zero-order chi connectivity index (χ0) is 18.7. The minimum absolute atomic E-state index is 0.0132. The Labute approximate surface area is 154 Å². The molecule has 0 radical (unpaired) electrons. The van der Waals surface area contributed by atoms with Crippen LogP contribution in [0, 0.1) is 5.41 Å². The first-order valence-electron chi connectivity index (χ1n) is 7.97. The van der Waals surface area contributed by atoms with Crippen LogP contribution in [0.25, 0.3) is 0 Å².